The average molecular weight is 429 g/mol. The van der Waals surface area contributed by atoms with Crippen molar-refractivity contribution in [1.82, 2.24) is 4.90 Å². The van der Waals surface area contributed by atoms with Gasteiger partial charge < -0.3 is 14.4 Å². The fourth-order valence-corrected chi connectivity index (χ4v) is 3.90. The van der Waals surface area contributed by atoms with E-state index in [0.29, 0.717) is 0 Å². The molecule has 2 aliphatic heterocycles. The maximum Gasteiger partial charge on any atom is 0.410 e. The molecule has 2 heterocycles. The number of nitrogens with zero attached hydrogens (tertiary/aromatic N) is 1. The molecule has 0 unspecified atom stereocenters. The summed E-state index contributed by atoms with van der Waals surface area (Å²) in [5.74, 6) is 0.917. The molecule has 2 fully saturated rings. The van der Waals surface area contributed by atoms with Crippen molar-refractivity contribution in [1.29, 1.82) is 0 Å². The monoisotopic (exact) mass is 429 g/mol. The molecule has 0 N–H and O–H groups in total. The minimum absolute atomic E-state index is 0.169. The molecule has 2 bridgehead atoms. The van der Waals surface area contributed by atoms with Crippen LogP contribution in [0.2, 0.25) is 0 Å². The summed E-state index contributed by atoms with van der Waals surface area (Å²) < 4.78 is 12.9. The third kappa shape index (κ3) is 4.11. The normalized spacial score (nSPS) is 27.0. The first-order chi connectivity index (χ1) is 10.8. The van der Waals surface area contributed by atoms with E-state index < -0.39 is 5.60 Å². The first-order valence-electron chi connectivity index (χ1n) is 8.25. The second-order valence-electron chi connectivity index (χ2n) is 7.44. The SMILES string of the molecule is CC(C)(C)OC(=O)N1[C@@H]2CC[C@H]1C[C@@H](Oc1ccc(I)cc1)C2. The Morgan fingerprint density at radius 1 is 1.13 bits per heavy atom. The van der Waals surface area contributed by atoms with Crippen LogP contribution in [0.15, 0.2) is 24.3 Å². The van der Waals surface area contributed by atoms with E-state index in [2.05, 4.69) is 34.7 Å². The van der Waals surface area contributed by atoms with E-state index in [1.807, 2.05) is 37.8 Å². The van der Waals surface area contributed by atoms with Gasteiger partial charge in [0, 0.05) is 28.5 Å². The summed E-state index contributed by atoms with van der Waals surface area (Å²) in [5, 5.41) is 0. The summed E-state index contributed by atoms with van der Waals surface area (Å²) in [5.41, 5.74) is -0.439. The molecule has 5 heteroatoms. The predicted octanol–water partition coefficient (Wildman–Crippen LogP) is 4.60. The first-order valence-corrected chi connectivity index (χ1v) is 9.33. The van der Waals surface area contributed by atoms with Crippen LogP contribution in [0, 0.1) is 3.57 Å². The Kier molecular flexibility index (Phi) is 4.76. The molecule has 2 saturated heterocycles. The maximum absolute atomic E-state index is 12.4. The smallest absolute Gasteiger partial charge is 0.410 e. The molecule has 0 spiro atoms. The summed E-state index contributed by atoms with van der Waals surface area (Å²) in [6, 6.07) is 8.64. The zero-order valence-corrected chi connectivity index (χ0v) is 16.1. The Morgan fingerprint density at radius 2 is 1.70 bits per heavy atom. The van der Waals surface area contributed by atoms with Crippen molar-refractivity contribution in [3.8, 4) is 5.75 Å². The van der Waals surface area contributed by atoms with Gasteiger partial charge in [-0.3, -0.25) is 0 Å². The second kappa shape index (κ2) is 6.49. The number of halogens is 1. The van der Waals surface area contributed by atoms with Crippen LogP contribution in [0.4, 0.5) is 4.79 Å². The number of amides is 1. The van der Waals surface area contributed by atoms with Crippen LogP contribution in [-0.4, -0.2) is 34.8 Å². The molecular formula is C18H24INO3. The van der Waals surface area contributed by atoms with Gasteiger partial charge in [0.15, 0.2) is 0 Å². The minimum Gasteiger partial charge on any atom is -0.490 e. The van der Waals surface area contributed by atoms with Crippen molar-refractivity contribution < 1.29 is 14.3 Å². The molecule has 4 nitrogen and oxygen atoms in total. The number of piperidine rings is 1. The molecule has 3 atom stereocenters. The number of ether oxygens (including phenoxy) is 2. The lowest BCUT2D eigenvalue weighted by Gasteiger charge is -2.39. The van der Waals surface area contributed by atoms with E-state index in [4.69, 9.17) is 9.47 Å². The fraction of sp³-hybridized carbons (Fsp3) is 0.611. The van der Waals surface area contributed by atoms with Gasteiger partial charge in [-0.15, -0.1) is 0 Å². The van der Waals surface area contributed by atoms with Crippen molar-refractivity contribution in [3.05, 3.63) is 27.8 Å². The minimum atomic E-state index is -0.439. The van der Waals surface area contributed by atoms with Gasteiger partial charge in [-0.2, -0.15) is 0 Å². The van der Waals surface area contributed by atoms with Crippen LogP contribution in [-0.2, 0) is 4.74 Å². The van der Waals surface area contributed by atoms with Gasteiger partial charge in [-0.1, -0.05) is 0 Å². The lowest BCUT2D eigenvalue weighted by Crippen LogP contribution is -2.50. The topological polar surface area (TPSA) is 38.8 Å². The van der Waals surface area contributed by atoms with Crippen LogP contribution >= 0.6 is 22.6 Å². The molecule has 126 valence electrons. The molecule has 1 aromatic rings. The Hall–Kier alpha value is -0.980. The molecule has 3 rings (SSSR count). The number of rotatable bonds is 2. The maximum atomic E-state index is 12.4. The molecular weight excluding hydrogens is 405 g/mol. The van der Waals surface area contributed by atoms with Crippen LogP contribution < -0.4 is 4.74 Å². The van der Waals surface area contributed by atoms with Gasteiger partial charge in [0.05, 0.1) is 0 Å². The predicted molar refractivity (Wildman–Crippen MR) is 97.7 cm³/mol. The second-order valence-corrected chi connectivity index (χ2v) is 8.68. The Bertz CT molecular complexity index is 553. The van der Waals surface area contributed by atoms with E-state index in [-0.39, 0.29) is 24.3 Å². The summed E-state index contributed by atoms with van der Waals surface area (Å²) >= 11 is 2.29. The standard InChI is InChI=1S/C18H24INO3/c1-18(2,3)23-17(21)20-13-6-7-14(20)11-16(10-13)22-15-8-4-12(19)5-9-15/h4-5,8-9,13-14,16H,6-7,10-11H2,1-3H3/t13-,14+,16+. The van der Waals surface area contributed by atoms with Gasteiger partial charge in [0.1, 0.15) is 17.5 Å². The van der Waals surface area contributed by atoms with E-state index in [0.717, 1.165) is 31.4 Å². The van der Waals surface area contributed by atoms with Crippen LogP contribution in [0.25, 0.3) is 0 Å². The van der Waals surface area contributed by atoms with Crippen molar-refractivity contribution >= 4 is 28.7 Å². The zero-order valence-electron chi connectivity index (χ0n) is 13.9. The van der Waals surface area contributed by atoms with Gasteiger partial charge in [0.2, 0.25) is 0 Å². The van der Waals surface area contributed by atoms with Gasteiger partial charge in [0.25, 0.3) is 0 Å². The Labute approximate surface area is 151 Å². The summed E-state index contributed by atoms with van der Waals surface area (Å²) in [6.07, 6.45) is 3.90. The summed E-state index contributed by atoms with van der Waals surface area (Å²) in [4.78, 5) is 14.4. The highest BCUT2D eigenvalue weighted by Crippen LogP contribution is 2.38. The van der Waals surface area contributed by atoms with Gasteiger partial charge >= 0.3 is 6.09 Å². The third-order valence-electron chi connectivity index (χ3n) is 4.41. The number of carbonyl (C=O) groups is 1. The molecule has 23 heavy (non-hydrogen) atoms. The highest BCUT2D eigenvalue weighted by molar-refractivity contribution is 14.1. The molecule has 1 aromatic carbocycles. The van der Waals surface area contributed by atoms with Gasteiger partial charge in [-0.25, -0.2) is 4.79 Å². The highest BCUT2D eigenvalue weighted by atomic mass is 127. The first kappa shape index (κ1) is 16.9. The van der Waals surface area contributed by atoms with Gasteiger partial charge in [-0.05, 0) is 80.5 Å². The molecule has 2 aliphatic rings. The van der Waals surface area contributed by atoms with Crippen LogP contribution in [0.5, 0.6) is 5.75 Å². The van der Waals surface area contributed by atoms with E-state index >= 15 is 0 Å². The van der Waals surface area contributed by atoms with E-state index in [1.165, 1.54) is 3.57 Å². The van der Waals surface area contributed by atoms with Crippen molar-refractivity contribution in [2.24, 2.45) is 0 Å². The number of benzene rings is 1. The third-order valence-corrected chi connectivity index (χ3v) is 5.13. The highest BCUT2D eigenvalue weighted by Gasteiger charge is 2.45. The van der Waals surface area contributed by atoms with Crippen molar-refractivity contribution in [2.75, 3.05) is 0 Å². The summed E-state index contributed by atoms with van der Waals surface area (Å²) in [6.45, 7) is 5.75. The largest absolute Gasteiger partial charge is 0.490 e. The Morgan fingerprint density at radius 3 is 2.22 bits per heavy atom. The van der Waals surface area contributed by atoms with E-state index in [9.17, 15) is 4.79 Å². The molecule has 0 saturated carbocycles. The number of hydrogen-bond donors (Lipinski definition) is 0. The quantitative estimate of drug-likeness (QED) is 0.646. The van der Waals surface area contributed by atoms with E-state index in [1.54, 1.807) is 0 Å². The molecule has 0 aliphatic carbocycles. The fourth-order valence-electron chi connectivity index (χ4n) is 3.54. The number of carbonyl (C=O) groups excluding carboxylic acids is 1. The zero-order chi connectivity index (χ0) is 16.6. The Balaban J connectivity index is 1.62. The number of fused-ring (bicyclic) bond motifs is 2. The van der Waals surface area contributed by atoms with Crippen LogP contribution in [0.1, 0.15) is 46.5 Å². The van der Waals surface area contributed by atoms with Crippen LogP contribution in [0.3, 0.4) is 0 Å². The number of hydrogen-bond acceptors (Lipinski definition) is 3. The molecule has 0 radical (unpaired) electrons. The molecule has 1 amide bonds. The van der Waals surface area contributed by atoms with Crippen molar-refractivity contribution in [2.45, 2.75) is 70.2 Å². The average Bonchev–Trinajstić information content (AvgIpc) is 2.72. The molecule has 0 aromatic heterocycles. The van der Waals surface area contributed by atoms with Crippen molar-refractivity contribution in [3.63, 3.8) is 0 Å². The lowest BCUT2D eigenvalue weighted by atomic mass is 10.00. The summed E-state index contributed by atoms with van der Waals surface area (Å²) in [7, 11) is 0. The lowest BCUT2D eigenvalue weighted by molar-refractivity contribution is -0.00707.